The van der Waals surface area contributed by atoms with Crippen molar-refractivity contribution in [3.63, 3.8) is 0 Å². The van der Waals surface area contributed by atoms with E-state index in [1.165, 1.54) is 10.9 Å². The monoisotopic (exact) mass is 921 g/mol. The molecule has 29 nitrogen and oxygen atoms in total. The zero-order valence-electron chi connectivity index (χ0n) is 30.7. The predicted molar refractivity (Wildman–Crippen MR) is 195 cm³/mol. The summed E-state index contributed by atoms with van der Waals surface area (Å²) in [5, 5.41) is 24.7. The fourth-order valence-electron chi connectivity index (χ4n) is 6.47. The van der Waals surface area contributed by atoms with E-state index in [1.807, 2.05) is 6.92 Å². The number of fused-ring (bicyclic) bond motifs is 2. The van der Waals surface area contributed by atoms with Gasteiger partial charge < -0.3 is 59.9 Å². The fourth-order valence-corrected chi connectivity index (χ4v) is 10.5. The van der Waals surface area contributed by atoms with Crippen molar-refractivity contribution >= 4 is 66.1 Å². The highest BCUT2D eigenvalue weighted by molar-refractivity contribution is 7.66. The summed E-state index contributed by atoms with van der Waals surface area (Å²) in [6.07, 6.45) is -7.71. The number of aromatic nitrogens is 6. The first-order valence-corrected chi connectivity index (χ1v) is 22.9. The van der Waals surface area contributed by atoms with Crippen molar-refractivity contribution in [3.05, 3.63) is 34.3 Å². The van der Waals surface area contributed by atoms with E-state index in [-0.39, 0.29) is 22.9 Å². The van der Waals surface area contributed by atoms with E-state index in [0.717, 1.165) is 23.6 Å². The number of allylic oxidation sites excluding steroid dienone is 1. The third-order valence-corrected chi connectivity index (χ3v) is 13.7. The van der Waals surface area contributed by atoms with Crippen LogP contribution in [0.15, 0.2) is 28.0 Å². The summed E-state index contributed by atoms with van der Waals surface area (Å²) >= 11 is 0. The second-order valence-electron chi connectivity index (χ2n) is 12.7. The zero-order valence-corrected chi connectivity index (χ0v) is 34.2. The fraction of sp³-hybridized carbons (Fsp3) is 0.577. The molecule has 0 aliphatic carbocycles. The summed E-state index contributed by atoms with van der Waals surface area (Å²) in [6.45, 7) is -0.151. The first kappa shape index (κ1) is 45.4. The van der Waals surface area contributed by atoms with Gasteiger partial charge in [-0.3, -0.25) is 32.5 Å². The SMILES string of the molecule is CCC1=C(NC)c2ncn([C@@H]3O[C@H](COP(=O)(O)OP(=O)(O)OP(=O)(O)O)[C@@H](OP(=O)(O)OC[C@H]4O[C@@H](n5cnc6c(=O)[nH]c(N)nc65)[C@H](O)[C@@H]4O)[C@H]3OC)c2N=CC1. The van der Waals surface area contributed by atoms with Crippen molar-refractivity contribution < 1.29 is 89.3 Å². The highest BCUT2D eigenvalue weighted by Gasteiger charge is 2.53. The van der Waals surface area contributed by atoms with E-state index in [4.69, 9.17) is 43.3 Å². The minimum Gasteiger partial charge on any atom is -0.387 e. The van der Waals surface area contributed by atoms with Gasteiger partial charge in [-0.05, 0) is 12.0 Å². The molecule has 328 valence electrons. The Morgan fingerprint density at radius 2 is 1.58 bits per heavy atom. The van der Waals surface area contributed by atoms with Gasteiger partial charge >= 0.3 is 31.3 Å². The Morgan fingerprint density at radius 1 is 0.915 bits per heavy atom. The molecule has 11 N–H and O–H groups in total. The molecule has 11 atom stereocenters. The highest BCUT2D eigenvalue weighted by Crippen LogP contribution is 2.66. The lowest BCUT2D eigenvalue weighted by atomic mass is 10.1. The molecule has 3 aliphatic heterocycles. The Balaban J connectivity index is 1.24. The van der Waals surface area contributed by atoms with Crippen LogP contribution in [0.1, 0.15) is 37.9 Å². The lowest BCUT2D eigenvalue weighted by Gasteiger charge is -2.26. The summed E-state index contributed by atoms with van der Waals surface area (Å²) in [5.41, 5.74) is 6.62. The van der Waals surface area contributed by atoms with Crippen molar-refractivity contribution in [2.45, 2.75) is 68.8 Å². The standard InChI is InChI=1S/C26H39N9O20P4/c1-4-11-5-6-29-21-15(14(11)28-2)30-9-34(21)25-20(48-3)19(13(52-25)8-50-58(44,45)55-59(46,47)54-56(39,40)41)53-57(42,43)49-7-12-17(36)18(37)24(51-12)35-10-31-16-22(35)32-26(27)33-23(16)38/h6,9-10,12-13,17-20,24-25,28,36-37H,4-5,7-8H2,1-3H3,(H,42,43)(H,44,45)(H,46,47)(H2,39,40,41)(H3,27,32,33,38)/t12-,13-,17-,18-,19-,20-,24-,25-/m1/s1. The molecular formula is C26H39N9O20P4. The largest absolute Gasteiger partial charge is 0.490 e. The van der Waals surface area contributed by atoms with E-state index in [0.29, 0.717) is 24.2 Å². The average Bonchev–Trinajstić information content (AvgIpc) is 3.86. The number of phosphoric ester groups is 2. The number of methoxy groups -OCH3 is 1. The Bertz CT molecular complexity index is 2360. The van der Waals surface area contributed by atoms with Gasteiger partial charge in [0.15, 0.2) is 29.4 Å². The molecule has 0 bridgehead atoms. The quantitative estimate of drug-likeness (QED) is 0.0757. The number of nitrogens with one attached hydrogen (secondary N) is 2. The van der Waals surface area contributed by atoms with E-state index in [9.17, 15) is 47.9 Å². The number of nitrogen functional groups attached to an aromatic ring is 1. The molecule has 6 heterocycles. The molecule has 6 rings (SSSR count). The van der Waals surface area contributed by atoms with Crippen LogP contribution in [0.25, 0.3) is 16.9 Å². The van der Waals surface area contributed by atoms with Gasteiger partial charge in [-0.2, -0.15) is 13.6 Å². The molecular weight excluding hydrogens is 882 g/mol. The van der Waals surface area contributed by atoms with Crippen LogP contribution in [-0.4, -0.2) is 134 Å². The van der Waals surface area contributed by atoms with Crippen molar-refractivity contribution in [2.24, 2.45) is 4.99 Å². The number of hydrogen-bond donors (Lipinski definition) is 10. The Morgan fingerprint density at radius 3 is 2.24 bits per heavy atom. The first-order valence-electron chi connectivity index (χ1n) is 16.9. The maximum Gasteiger partial charge on any atom is 0.490 e. The van der Waals surface area contributed by atoms with Gasteiger partial charge in [0.2, 0.25) is 5.95 Å². The highest BCUT2D eigenvalue weighted by atomic mass is 31.3. The number of rotatable bonds is 17. The van der Waals surface area contributed by atoms with Gasteiger partial charge in [-0.1, -0.05) is 6.92 Å². The number of phosphoric acid groups is 4. The number of aliphatic imine (C=N–C) groups is 1. The molecule has 0 saturated carbocycles. The number of imidazole rings is 2. The van der Waals surface area contributed by atoms with Crippen molar-refractivity contribution in [1.29, 1.82) is 0 Å². The molecule has 0 aromatic carbocycles. The van der Waals surface area contributed by atoms with E-state index < -0.39 is 99.1 Å². The molecule has 3 unspecified atom stereocenters. The number of aromatic amines is 1. The summed E-state index contributed by atoms with van der Waals surface area (Å²) in [7, 11) is -19.9. The van der Waals surface area contributed by atoms with Crippen LogP contribution in [0.4, 0.5) is 11.8 Å². The van der Waals surface area contributed by atoms with Crippen LogP contribution >= 0.6 is 31.3 Å². The van der Waals surface area contributed by atoms with Gasteiger partial charge in [0.1, 0.15) is 42.3 Å². The number of aliphatic hydroxyl groups is 2. The molecule has 2 fully saturated rings. The maximum absolute atomic E-state index is 13.6. The molecule has 3 aliphatic rings. The van der Waals surface area contributed by atoms with Crippen molar-refractivity contribution in [3.8, 4) is 0 Å². The second-order valence-corrected chi connectivity index (χ2v) is 18.6. The number of hydrogen-bond acceptors (Lipinski definition) is 21. The Hall–Kier alpha value is -3.11. The number of ether oxygens (including phenoxy) is 3. The third-order valence-electron chi connectivity index (χ3n) is 8.95. The smallest absolute Gasteiger partial charge is 0.387 e. The summed E-state index contributed by atoms with van der Waals surface area (Å²) in [5.74, 6) is -0.0704. The molecule has 3 aromatic heterocycles. The number of nitrogens with two attached hydrogens (primary N) is 1. The number of aliphatic hydroxyl groups excluding tert-OH is 2. The van der Waals surface area contributed by atoms with Gasteiger partial charge in [0, 0.05) is 26.8 Å². The Labute approximate surface area is 330 Å². The van der Waals surface area contributed by atoms with Crippen molar-refractivity contribution in [1.82, 2.24) is 34.4 Å². The van der Waals surface area contributed by atoms with Crippen LogP contribution in [-0.2, 0) is 54.7 Å². The number of H-pyrrole nitrogens is 1. The normalized spacial score (nSPS) is 29.3. The van der Waals surface area contributed by atoms with E-state index in [2.05, 4.69) is 38.9 Å². The Kier molecular flexibility index (Phi) is 13.3. The molecule has 0 radical (unpaired) electrons. The molecule has 59 heavy (non-hydrogen) atoms. The number of nitrogens with zero attached hydrogens (tertiary/aromatic N) is 6. The van der Waals surface area contributed by atoms with Crippen molar-refractivity contribution in [2.75, 3.05) is 33.1 Å². The minimum atomic E-state index is -5.94. The molecule has 0 amide bonds. The predicted octanol–water partition coefficient (Wildman–Crippen LogP) is -0.578. The van der Waals surface area contributed by atoms with Crippen LogP contribution < -0.4 is 16.6 Å². The van der Waals surface area contributed by atoms with Crippen LogP contribution in [0, 0.1) is 0 Å². The maximum atomic E-state index is 13.6. The summed E-state index contributed by atoms with van der Waals surface area (Å²) in [4.78, 5) is 79.8. The second kappa shape index (κ2) is 17.3. The van der Waals surface area contributed by atoms with Gasteiger partial charge in [-0.25, -0.2) is 33.2 Å². The van der Waals surface area contributed by atoms with Crippen LogP contribution in [0.5, 0.6) is 0 Å². The average molecular weight is 922 g/mol. The van der Waals surface area contributed by atoms with Gasteiger partial charge in [0.25, 0.3) is 5.56 Å². The molecule has 33 heteroatoms. The minimum absolute atomic E-state index is 0.117. The molecule has 2 saturated heterocycles. The lowest BCUT2D eigenvalue weighted by Crippen LogP contribution is -2.38. The number of anilines is 1. The van der Waals surface area contributed by atoms with Crippen LogP contribution in [0.2, 0.25) is 0 Å². The topological polar surface area (TPSA) is 416 Å². The van der Waals surface area contributed by atoms with Gasteiger partial charge in [-0.15, -0.1) is 0 Å². The molecule has 0 spiro atoms. The van der Waals surface area contributed by atoms with Gasteiger partial charge in [0.05, 0.1) is 31.6 Å². The summed E-state index contributed by atoms with van der Waals surface area (Å²) in [6, 6.07) is 0. The van der Waals surface area contributed by atoms with E-state index in [1.54, 1.807) is 13.3 Å². The van der Waals surface area contributed by atoms with Crippen LogP contribution in [0.3, 0.4) is 0 Å². The summed E-state index contributed by atoms with van der Waals surface area (Å²) < 4.78 is 92.0. The van der Waals surface area contributed by atoms with E-state index >= 15 is 0 Å². The molecule has 3 aromatic rings. The lowest BCUT2D eigenvalue weighted by molar-refractivity contribution is -0.0587. The third kappa shape index (κ3) is 10.0. The zero-order chi connectivity index (χ0) is 43.2. The first-order chi connectivity index (χ1) is 27.6.